The van der Waals surface area contributed by atoms with Crippen LogP contribution in [0.4, 0.5) is 5.13 Å². The molecule has 0 fully saturated rings. The first-order valence-corrected chi connectivity index (χ1v) is 9.23. The average Bonchev–Trinajstić information content (AvgIpc) is 3.07. The minimum Gasteiger partial charge on any atom is -0.482 e. The van der Waals surface area contributed by atoms with Gasteiger partial charge in [-0.3, -0.25) is 10.1 Å². The SMILES string of the molecule is O=C(COc1ccc(Cl)cc1Cl)Nc1nc(OCc2ccccc2)cs1. The maximum atomic E-state index is 12.0. The third-order valence-corrected chi connectivity index (χ3v) is 4.48. The minimum absolute atomic E-state index is 0.193. The second-order valence-electron chi connectivity index (χ2n) is 5.18. The Labute approximate surface area is 164 Å². The number of anilines is 1. The largest absolute Gasteiger partial charge is 0.482 e. The van der Waals surface area contributed by atoms with E-state index in [1.54, 1.807) is 23.6 Å². The van der Waals surface area contributed by atoms with Gasteiger partial charge < -0.3 is 9.47 Å². The molecule has 5 nitrogen and oxygen atoms in total. The van der Waals surface area contributed by atoms with Gasteiger partial charge >= 0.3 is 0 Å². The van der Waals surface area contributed by atoms with Crippen molar-refractivity contribution in [1.29, 1.82) is 0 Å². The molecule has 0 aliphatic heterocycles. The molecule has 3 aromatic rings. The third-order valence-electron chi connectivity index (χ3n) is 3.21. The summed E-state index contributed by atoms with van der Waals surface area (Å²) in [6, 6.07) is 14.6. The summed E-state index contributed by atoms with van der Waals surface area (Å²) in [5.74, 6) is 0.494. The van der Waals surface area contributed by atoms with Crippen molar-refractivity contribution >= 4 is 45.6 Å². The van der Waals surface area contributed by atoms with Gasteiger partial charge in [0.2, 0.25) is 5.88 Å². The molecule has 0 aliphatic carbocycles. The van der Waals surface area contributed by atoms with Crippen LogP contribution < -0.4 is 14.8 Å². The summed E-state index contributed by atoms with van der Waals surface area (Å²) >= 11 is 13.1. The normalized spacial score (nSPS) is 10.4. The highest BCUT2D eigenvalue weighted by Crippen LogP contribution is 2.27. The van der Waals surface area contributed by atoms with Gasteiger partial charge in [0.05, 0.1) is 10.4 Å². The van der Waals surface area contributed by atoms with Gasteiger partial charge in [-0.05, 0) is 23.8 Å². The van der Waals surface area contributed by atoms with Gasteiger partial charge in [-0.1, -0.05) is 53.5 Å². The zero-order chi connectivity index (χ0) is 18.4. The van der Waals surface area contributed by atoms with Crippen LogP contribution in [-0.2, 0) is 11.4 Å². The fraction of sp³-hybridized carbons (Fsp3) is 0.111. The summed E-state index contributed by atoms with van der Waals surface area (Å²) in [4.78, 5) is 16.2. The molecule has 0 saturated heterocycles. The number of amides is 1. The number of ether oxygens (including phenoxy) is 2. The van der Waals surface area contributed by atoms with Crippen LogP contribution in [0.5, 0.6) is 11.6 Å². The molecule has 2 aromatic carbocycles. The molecule has 26 heavy (non-hydrogen) atoms. The lowest BCUT2D eigenvalue weighted by Crippen LogP contribution is -2.20. The van der Waals surface area contributed by atoms with E-state index in [4.69, 9.17) is 32.7 Å². The first-order chi connectivity index (χ1) is 12.6. The van der Waals surface area contributed by atoms with E-state index in [0.29, 0.717) is 33.4 Å². The first-order valence-electron chi connectivity index (χ1n) is 7.60. The van der Waals surface area contributed by atoms with Crippen LogP contribution in [0.15, 0.2) is 53.9 Å². The van der Waals surface area contributed by atoms with E-state index in [0.717, 1.165) is 5.56 Å². The van der Waals surface area contributed by atoms with Crippen molar-refractivity contribution in [3.63, 3.8) is 0 Å². The van der Waals surface area contributed by atoms with Gasteiger partial charge in [-0.15, -0.1) is 11.3 Å². The molecule has 0 unspecified atom stereocenters. The Kier molecular flexibility index (Phi) is 6.33. The van der Waals surface area contributed by atoms with Crippen LogP contribution in [0.2, 0.25) is 10.0 Å². The highest BCUT2D eigenvalue weighted by atomic mass is 35.5. The lowest BCUT2D eigenvalue weighted by Gasteiger charge is -2.07. The molecular formula is C18H14Cl2N2O3S. The number of nitrogens with zero attached hydrogens (tertiary/aromatic N) is 1. The molecule has 1 N–H and O–H groups in total. The van der Waals surface area contributed by atoms with Gasteiger partial charge in [0.25, 0.3) is 5.91 Å². The Bertz CT molecular complexity index is 887. The maximum Gasteiger partial charge on any atom is 0.264 e. The highest BCUT2D eigenvalue weighted by molar-refractivity contribution is 7.14. The fourth-order valence-corrected chi connectivity index (χ4v) is 3.12. The van der Waals surface area contributed by atoms with Crippen molar-refractivity contribution in [2.24, 2.45) is 0 Å². The van der Waals surface area contributed by atoms with E-state index >= 15 is 0 Å². The summed E-state index contributed by atoms with van der Waals surface area (Å²) in [5.41, 5.74) is 1.04. The Morgan fingerprint density at radius 1 is 1.12 bits per heavy atom. The summed E-state index contributed by atoms with van der Waals surface area (Å²) < 4.78 is 11.0. The summed E-state index contributed by atoms with van der Waals surface area (Å²) in [7, 11) is 0. The zero-order valence-electron chi connectivity index (χ0n) is 13.4. The first kappa shape index (κ1) is 18.5. The van der Waals surface area contributed by atoms with E-state index in [-0.39, 0.29) is 12.5 Å². The quantitative estimate of drug-likeness (QED) is 0.594. The second kappa shape index (κ2) is 8.89. The molecule has 1 aromatic heterocycles. The minimum atomic E-state index is -0.347. The second-order valence-corrected chi connectivity index (χ2v) is 6.88. The molecule has 0 aliphatic rings. The Morgan fingerprint density at radius 3 is 2.69 bits per heavy atom. The summed E-state index contributed by atoms with van der Waals surface area (Å²) in [6.07, 6.45) is 0. The van der Waals surface area contributed by atoms with Gasteiger partial charge in [0, 0.05) is 5.02 Å². The van der Waals surface area contributed by atoms with Crippen molar-refractivity contribution in [3.8, 4) is 11.6 Å². The van der Waals surface area contributed by atoms with Gasteiger partial charge in [0.15, 0.2) is 11.7 Å². The number of rotatable bonds is 7. The van der Waals surface area contributed by atoms with Crippen molar-refractivity contribution in [2.75, 3.05) is 11.9 Å². The van der Waals surface area contributed by atoms with E-state index in [1.165, 1.54) is 11.3 Å². The molecule has 0 radical (unpaired) electrons. The van der Waals surface area contributed by atoms with Crippen LogP contribution in [-0.4, -0.2) is 17.5 Å². The van der Waals surface area contributed by atoms with Crippen LogP contribution in [0, 0.1) is 0 Å². The molecular weight excluding hydrogens is 395 g/mol. The monoisotopic (exact) mass is 408 g/mol. The van der Waals surface area contributed by atoms with E-state index in [9.17, 15) is 4.79 Å². The van der Waals surface area contributed by atoms with Crippen LogP contribution in [0.1, 0.15) is 5.56 Å². The number of hydrogen-bond donors (Lipinski definition) is 1. The average molecular weight is 409 g/mol. The predicted octanol–water partition coefficient (Wildman–Crippen LogP) is 5.05. The number of carbonyl (C=O) groups excluding carboxylic acids is 1. The maximum absolute atomic E-state index is 12.0. The third kappa shape index (κ3) is 5.36. The lowest BCUT2D eigenvalue weighted by molar-refractivity contribution is -0.118. The summed E-state index contributed by atoms with van der Waals surface area (Å²) in [6.45, 7) is 0.220. The van der Waals surface area contributed by atoms with Gasteiger partial charge in [-0.25, -0.2) is 0 Å². The molecule has 3 rings (SSSR count). The van der Waals surface area contributed by atoms with Crippen molar-refractivity contribution < 1.29 is 14.3 Å². The molecule has 1 amide bonds. The molecule has 1 heterocycles. The Morgan fingerprint density at radius 2 is 1.92 bits per heavy atom. The molecule has 0 spiro atoms. The number of nitrogens with one attached hydrogen (secondary N) is 1. The lowest BCUT2D eigenvalue weighted by atomic mass is 10.2. The van der Waals surface area contributed by atoms with Gasteiger partial charge in [-0.2, -0.15) is 4.98 Å². The standard InChI is InChI=1S/C18H14Cl2N2O3S/c19-13-6-7-15(14(20)8-13)24-10-16(23)21-18-22-17(11-26-18)25-9-12-4-2-1-3-5-12/h1-8,11H,9-10H2,(H,21,22,23). The number of halogens is 2. The molecule has 0 bridgehead atoms. The predicted molar refractivity (Wildman–Crippen MR) is 103 cm³/mol. The van der Waals surface area contributed by atoms with Crippen LogP contribution in [0.3, 0.4) is 0 Å². The Hall–Kier alpha value is -2.28. The van der Waals surface area contributed by atoms with E-state index in [2.05, 4.69) is 10.3 Å². The van der Waals surface area contributed by atoms with Crippen molar-refractivity contribution in [1.82, 2.24) is 4.98 Å². The number of carbonyl (C=O) groups is 1. The molecule has 134 valence electrons. The van der Waals surface area contributed by atoms with Crippen molar-refractivity contribution in [2.45, 2.75) is 6.61 Å². The van der Waals surface area contributed by atoms with Crippen molar-refractivity contribution in [3.05, 3.63) is 69.5 Å². The van der Waals surface area contributed by atoms with Gasteiger partial charge in [0.1, 0.15) is 12.4 Å². The molecule has 0 atom stereocenters. The topological polar surface area (TPSA) is 60.5 Å². The van der Waals surface area contributed by atoms with Crippen LogP contribution >= 0.6 is 34.5 Å². The molecule has 8 heteroatoms. The number of hydrogen-bond acceptors (Lipinski definition) is 5. The van der Waals surface area contributed by atoms with E-state index < -0.39 is 0 Å². The zero-order valence-corrected chi connectivity index (χ0v) is 15.8. The number of aromatic nitrogens is 1. The number of thiazole rings is 1. The summed E-state index contributed by atoms with van der Waals surface area (Å²) in [5, 5.41) is 5.66. The van der Waals surface area contributed by atoms with Crippen LogP contribution in [0.25, 0.3) is 0 Å². The number of benzene rings is 2. The van der Waals surface area contributed by atoms with E-state index in [1.807, 2.05) is 30.3 Å². The Balaban J connectivity index is 1.48. The highest BCUT2D eigenvalue weighted by Gasteiger charge is 2.10. The smallest absolute Gasteiger partial charge is 0.264 e. The fourth-order valence-electron chi connectivity index (χ4n) is 2.01. The molecule has 0 saturated carbocycles.